The van der Waals surface area contributed by atoms with Crippen molar-refractivity contribution in [2.75, 3.05) is 41.3 Å². The largest absolute Gasteiger partial charge is 0.481 e. The average molecular weight is 228 g/mol. The van der Waals surface area contributed by atoms with Gasteiger partial charge < -0.3 is 5.11 Å². The minimum absolute atomic E-state index is 0.233. The summed E-state index contributed by atoms with van der Waals surface area (Å²) in [6.45, 7) is 1.55. The van der Waals surface area contributed by atoms with E-state index in [1.165, 1.54) is 0 Å². The molecule has 1 aliphatic heterocycles. The third-order valence-corrected chi connectivity index (χ3v) is 2.85. The first-order valence-electron chi connectivity index (χ1n) is 5.63. The second-order valence-corrected chi connectivity index (χ2v) is 4.71. The second kappa shape index (κ2) is 5.18. The van der Waals surface area contributed by atoms with E-state index in [0.717, 1.165) is 25.3 Å². The normalized spacial score (nSPS) is 20.5. The molecule has 0 amide bonds. The van der Waals surface area contributed by atoms with E-state index in [-0.39, 0.29) is 5.92 Å². The van der Waals surface area contributed by atoms with Gasteiger partial charge in [-0.05, 0) is 12.8 Å². The summed E-state index contributed by atoms with van der Waals surface area (Å²) in [6.07, 6.45) is 1.74. The molecule has 0 aromatic heterocycles. The summed E-state index contributed by atoms with van der Waals surface area (Å²) >= 11 is 0. The van der Waals surface area contributed by atoms with E-state index in [4.69, 9.17) is 5.11 Å². The molecular formula is C11H22N3O2+. The SMILES string of the molecule is CN(C)C(N1CCCC(C(=O)O)C1)=[N+](C)C. The third kappa shape index (κ3) is 2.87. The van der Waals surface area contributed by atoms with E-state index in [9.17, 15) is 4.79 Å². The van der Waals surface area contributed by atoms with Crippen LogP contribution in [0.2, 0.25) is 0 Å². The van der Waals surface area contributed by atoms with Crippen molar-refractivity contribution in [2.24, 2.45) is 5.92 Å². The first-order chi connectivity index (χ1) is 7.43. The smallest absolute Gasteiger partial charge is 0.349 e. The molecule has 0 aromatic rings. The minimum atomic E-state index is -0.679. The van der Waals surface area contributed by atoms with Crippen molar-refractivity contribution in [2.45, 2.75) is 12.8 Å². The zero-order valence-electron chi connectivity index (χ0n) is 10.6. The lowest BCUT2D eigenvalue weighted by Crippen LogP contribution is -2.50. The number of nitrogens with zero attached hydrogens (tertiary/aromatic N) is 3. The fourth-order valence-corrected chi connectivity index (χ4v) is 2.33. The summed E-state index contributed by atoms with van der Waals surface area (Å²) in [7, 11) is 7.94. The number of guanidine groups is 1. The highest BCUT2D eigenvalue weighted by molar-refractivity contribution is 5.76. The summed E-state index contributed by atoms with van der Waals surface area (Å²) in [5, 5.41) is 9.05. The highest BCUT2D eigenvalue weighted by atomic mass is 16.4. The molecule has 1 atom stereocenters. The number of carbonyl (C=O) groups is 1. The molecule has 1 aliphatic rings. The van der Waals surface area contributed by atoms with E-state index in [1.54, 1.807) is 0 Å². The van der Waals surface area contributed by atoms with E-state index >= 15 is 0 Å². The Labute approximate surface area is 97.0 Å². The van der Waals surface area contributed by atoms with Gasteiger partial charge >= 0.3 is 11.9 Å². The van der Waals surface area contributed by atoms with E-state index in [1.807, 2.05) is 37.7 Å². The fraction of sp³-hybridized carbons (Fsp3) is 0.818. The van der Waals surface area contributed by atoms with Crippen molar-refractivity contribution < 1.29 is 14.5 Å². The van der Waals surface area contributed by atoms with Crippen molar-refractivity contribution in [3.63, 3.8) is 0 Å². The summed E-state index contributed by atoms with van der Waals surface area (Å²) in [6, 6.07) is 0. The lowest BCUT2D eigenvalue weighted by molar-refractivity contribution is -0.476. The van der Waals surface area contributed by atoms with Gasteiger partial charge in [-0.25, -0.2) is 0 Å². The first-order valence-corrected chi connectivity index (χ1v) is 5.63. The zero-order chi connectivity index (χ0) is 12.3. The lowest BCUT2D eigenvalue weighted by Gasteiger charge is -2.30. The topological polar surface area (TPSA) is 46.8 Å². The Morgan fingerprint density at radius 2 is 2.06 bits per heavy atom. The van der Waals surface area contributed by atoms with Gasteiger partial charge in [0.15, 0.2) is 0 Å². The van der Waals surface area contributed by atoms with Gasteiger partial charge in [0.1, 0.15) is 0 Å². The second-order valence-electron chi connectivity index (χ2n) is 4.71. The van der Waals surface area contributed by atoms with Crippen molar-refractivity contribution in [3.05, 3.63) is 0 Å². The van der Waals surface area contributed by atoms with Crippen molar-refractivity contribution in [1.82, 2.24) is 9.80 Å². The summed E-state index contributed by atoms with van der Waals surface area (Å²) in [4.78, 5) is 15.2. The summed E-state index contributed by atoms with van der Waals surface area (Å²) in [5.41, 5.74) is 0. The number of rotatable bonds is 1. The van der Waals surface area contributed by atoms with Crippen LogP contribution in [0.1, 0.15) is 12.8 Å². The van der Waals surface area contributed by atoms with Crippen molar-refractivity contribution >= 4 is 11.9 Å². The van der Waals surface area contributed by atoms with Crippen LogP contribution < -0.4 is 0 Å². The first kappa shape index (κ1) is 12.8. The molecule has 1 N–H and O–H groups in total. The predicted molar refractivity (Wildman–Crippen MR) is 62.7 cm³/mol. The van der Waals surface area contributed by atoms with E-state index in [0.29, 0.717) is 6.54 Å². The number of piperidine rings is 1. The monoisotopic (exact) mass is 228 g/mol. The van der Waals surface area contributed by atoms with Crippen LogP contribution in [0, 0.1) is 5.92 Å². The van der Waals surface area contributed by atoms with Crippen LogP contribution in [0.25, 0.3) is 0 Å². The molecule has 1 fully saturated rings. The molecule has 0 saturated carbocycles. The molecule has 0 radical (unpaired) electrons. The van der Waals surface area contributed by atoms with Gasteiger partial charge in [-0.1, -0.05) is 0 Å². The zero-order valence-corrected chi connectivity index (χ0v) is 10.6. The Morgan fingerprint density at radius 1 is 1.44 bits per heavy atom. The van der Waals surface area contributed by atoms with Crippen LogP contribution in [0.3, 0.4) is 0 Å². The van der Waals surface area contributed by atoms with Gasteiger partial charge in [0.05, 0.1) is 47.2 Å². The predicted octanol–water partition coefficient (Wildman–Crippen LogP) is -0.0273. The quantitative estimate of drug-likeness (QED) is 0.389. The van der Waals surface area contributed by atoms with E-state index < -0.39 is 5.97 Å². The number of aliphatic carboxylic acids is 1. The van der Waals surface area contributed by atoms with Crippen LogP contribution in [-0.4, -0.2) is 72.7 Å². The number of likely N-dealkylation sites (tertiary alicyclic amines) is 1. The molecule has 1 unspecified atom stereocenters. The van der Waals surface area contributed by atoms with Gasteiger partial charge in [0.2, 0.25) is 0 Å². The molecule has 5 nitrogen and oxygen atoms in total. The molecular weight excluding hydrogens is 206 g/mol. The number of hydrogen-bond acceptors (Lipinski definition) is 1. The Morgan fingerprint density at radius 3 is 2.50 bits per heavy atom. The van der Waals surface area contributed by atoms with Crippen LogP contribution in [0.4, 0.5) is 0 Å². The molecule has 5 heteroatoms. The maximum absolute atomic E-state index is 11.0. The van der Waals surface area contributed by atoms with Gasteiger partial charge in [-0.2, -0.15) is 0 Å². The fourth-order valence-electron chi connectivity index (χ4n) is 2.33. The van der Waals surface area contributed by atoms with Crippen molar-refractivity contribution in [3.8, 4) is 0 Å². The number of hydrogen-bond donors (Lipinski definition) is 1. The minimum Gasteiger partial charge on any atom is -0.481 e. The summed E-state index contributed by atoms with van der Waals surface area (Å²) < 4.78 is 2.03. The van der Waals surface area contributed by atoms with Crippen LogP contribution in [0.5, 0.6) is 0 Å². The average Bonchev–Trinajstić information content (AvgIpc) is 2.16. The number of carboxylic acid groups (broad SMARTS) is 1. The number of carboxylic acids is 1. The molecule has 1 heterocycles. The third-order valence-electron chi connectivity index (χ3n) is 2.85. The van der Waals surface area contributed by atoms with Gasteiger partial charge in [-0.15, -0.1) is 0 Å². The van der Waals surface area contributed by atoms with Crippen LogP contribution in [-0.2, 0) is 4.79 Å². The Balaban J connectivity index is 2.80. The molecule has 16 heavy (non-hydrogen) atoms. The van der Waals surface area contributed by atoms with Crippen LogP contribution >= 0.6 is 0 Å². The Bertz CT molecular complexity index is 296. The maximum Gasteiger partial charge on any atom is 0.349 e. The molecule has 1 rings (SSSR count). The van der Waals surface area contributed by atoms with E-state index in [2.05, 4.69) is 4.90 Å². The van der Waals surface area contributed by atoms with Crippen LogP contribution in [0.15, 0.2) is 0 Å². The van der Waals surface area contributed by atoms with Gasteiger partial charge in [0, 0.05) is 0 Å². The molecule has 92 valence electrons. The lowest BCUT2D eigenvalue weighted by atomic mass is 9.98. The Kier molecular flexibility index (Phi) is 4.15. The molecule has 1 saturated heterocycles. The Hall–Kier alpha value is -1.26. The molecule has 0 bridgehead atoms. The van der Waals surface area contributed by atoms with Gasteiger partial charge in [0.25, 0.3) is 0 Å². The van der Waals surface area contributed by atoms with Gasteiger partial charge in [-0.3, -0.25) is 19.2 Å². The highest BCUT2D eigenvalue weighted by Gasteiger charge is 2.32. The van der Waals surface area contributed by atoms with Crippen molar-refractivity contribution in [1.29, 1.82) is 0 Å². The molecule has 0 aliphatic carbocycles. The molecule has 0 aromatic carbocycles. The summed E-state index contributed by atoms with van der Waals surface area (Å²) in [5.74, 6) is 0.163. The standard InChI is InChI=1S/C11H21N3O2/c1-12(2)11(13(3)4)14-7-5-6-9(8-14)10(15)16/h9H,5-8H2,1-4H3/p+1. The maximum atomic E-state index is 11.0. The highest BCUT2D eigenvalue weighted by Crippen LogP contribution is 2.17. The molecule has 0 spiro atoms.